The predicted molar refractivity (Wildman–Crippen MR) is 76.3 cm³/mol. The number of fused-ring (bicyclic) bond motifs is 1. The smallest absolute Gasteiger partial charge is 0.256 e. The third-order valence-electron chi connectivity index (χ3n) is 4.01. The van der Waals surface area contributed by atoms with Gasteiger partial charge in [-0.2, -0.15) is 0 Å². The molecule has 0 aliphatic carbocycles. The average Bonchev–Trinajstić information content (AvgIpc) is 2.90. The van der Waals surface area contributed by atoms with Crippen LogP contribution in [0.15, 0.2) is 30.5 Å². The van der Waals surface area contributed by atoms with Crippen LogP contribution in [0, 0.1) is 0 Å². The van der Waals surface area contributed by atoms with E-state index in [1.165, 1.54) is 0 Å². The fraction of sp³-hybridized carbons (Fsp3) is 0.400. The van der Waals surface area contributed by atoms with Crippen molar-refractivity contribution in [3.8, 4) is 0 Å². The van der Waals surface area contributed by atoms with Crippen LogP contribution < -0.4 is 5.32 Å². The summed E-state index contributed by atoms with van der Waals surface area (Å²) in [5, 5.41) is 4.30. The van der Waals surface area contributed by atoms with Crippen LogP contribution in [0.25, 0.3) is 10.9 Å². The molecule has 100 valence electrons. The molecule has 0 spiro atoms. The van der Waals surface area contributed by atoms with Crippen LogP contribution in [0.3, 0.4) is 0 Å². The minimum absolute atomic E-state index is 0.145. The number of rotatable bonds is 2. The maximum Gasteiger partial charge on any atom is 0.256 e. The van der Waals surface area contributed by atoms with Gasteiger partial charge in [0.25, 0.3) is 5.91 Å². The molecule has 2 aromatic rings. The molecule has 2 N–H and O–H groups in total. The highest BCUT2D eigenvalue weighted by atomic mass is 16.2. The number of para-hydroxylation sites is 1. The molecule has 1 fully saturated rings. The van der Waals surface area contributed by atoms with Crippen molar-refractivity contribution >= 4 is 16.8 Å². The number of likely N-dealkylation sites (tertiary alicyclic amines) is 1. The zero-order valence-electron chi connectivity index (χ0n) is 11.1. The number of aromatic nitrogens is 1. The van der Waals surface area contributed by atoms with E-state index in [2.05, 4.69) is 10.3 Å². The standard InChI is InChI=1S/C15H19N3O/c1-16-11-6-8-18(9-7-11)15(19)13-10-17-14-5-3-2-4-12(13)14/h2-5,10-11,16-17H,6-9H2,1H3. The van der Waals surface area contributed by atoms with Gasteiger partial charge in [0, 0.05) is 36.2 Å². The van der Waals surface area contributed by atoms with Crippen molar-refractivity contribution in [2.45, 2.75) is 18.9 Å². The Labute approximate surface area is 112 Å². The first-order valence-corrected chi connectivity index (χ1v) is 6.82. The highest BCUT2D eigenvalue weighted by Gasteiger charge is 2.24. The third-order valence-corrected chi connectivity index (χ3v) is 4.01. The van der Waals surface area contributed by atoms with Gasteiger partial charge in [0.2, 0.25) is 0 Å². The first-order chi connectivity index (χ1) is 9.29. The predicted octanol–water partition coefficient (Wildman–Crippen LogP) is 1.99. The Kier molecular flexibility index (Phi) is 3.25. The molecule has 4 nitrogen and oxygen atoms in total. The molecule has 1 amide bonds. The lowest BCUT2D eigenvalue weighted by Gasteiger charge is -2.31. The zero-order valence-corrected chi connectivity index (χ0v) is 11.1. The molecule has 0 atom stereocenters. The zero-order chi connectivity index (χ0) is 13.2. The average molecular weight is 257 g/mol. The number of aromatic amines is 1. The van der Waals surface area contributed by atoms with Gasteiger partial charge in [0.1, 0.15) is 0 Å². The van der Waals surface area contributed by atoms with Gasteiger partial charge in [-0.25, -0.2) is 0 Å². The second-order valence-electron chi connectivity index (χ2n) is 5.10. The Balaban J connectivity index is 1.81. The van der Waals surface area contributed by atoms with Crippen LogP contribution in [-0.2, 0) is 0 Å². The maximum atomic E-state index is 12.6. The van der Waals surface area contributed by atoms with Crippen molar-refractivity contribution < 1.29 is 4.79 Å². The fourth-order valence-corrected chi connectivity index (χ4v) is 2.79. The van der Waals surface area contributed by atoms with E-state index >= 15 is 0 Å². The molecule has 4 heteroatoms. The normalized spacial score (nSPS) is 17.0. The van der Waals surface area contributed by atoms with E-state index in [0.29, 0.717) is 6.04 Å². The molecule has 0 bridgehead atoms. The van der Waals surface area contributed by atoms with Crippen LogP contribution in [0.2, 0.25) is 0 Å². The van der Waals surface area contributed by atoms with Crippen LogP contribution in [0.5, 0.6) is 0 Å². The Hall–Kier alpha value is -1.81. The van der Waals surface area contributed by atoms with Gasteiger partial charge in [0.15, 0.2) is 0 Å². The summed E-state index contributed by atoms with van der Waals surface area (Å²) in [5.74, 6) is 0.145. The lowest BCUT2D eigenvalue weighted by Crippen LogP contribution is -2.43. The highest BCUT2D eigenvalue weighted by molar-refractivity contribution is 6.06. The summed E-state index contributed by atoms with van der Waals surface area (Å²) >= 11 is 0. The monoisotopic (exact) mass is 257 g/mol. The van der Waals surface area contributed by atoms with Gasteiger partial charge in [-0.3, -0.25) is 4.79 Å². The van der Waals surface area contributed by atoms with Gasteiger partial charge in [-0.05, 0) is 26.0 Å². The molecule has 2 heterocycles. The molecule has 0 radical (unpaired) electrons. The van der Waals surface area contributed by atoms with Gasteiger partial charge in [-0.15, -0.1) is 0 Å². The van der Waals surface area contributed by atoms with Crippen molar-refractivity contribution in [2.24, 2.45) is 0 Å². The molecule has 1 saturated heterocycles. The quantitative estimate of drug-likeness (QED) is 0.864. The van der Waals surface area contributed by atoms with Crippen molar-refractivity contribution in [1.82, 2.24) is 15.2 Å². The molecular weight excluding hydrogens is 238 g/mol. The topological polar surface area (TPSA) is 48.1 Å². The Morgan fingerprint density at radius 2 is 2.05 bits per heavy atom. The number of benzene rings is 1. The largest absolute Gasteiger partial charge is 0.360 e. The molecule has 1 aromatic carbocycles. The summed E-state index contributed by atoms with van der Waals surface area (Å²) in [7, 11) is 1.99. The van der Waals surface area contributed by atoms with E-state index in [9.17, 15) is 4.79 Å². The number of nitrogens with one attached hydrogen (secondary N) is 2. The molecule has 3 rings (SSSR count). The summed E-state index contributed by atoms with van der Waals surface area (Å²) in [6.07, 6.45) is 3.90. The number of carbonyl (C=O) groups excluding carboxylic acids is 1. The molecule has 1 aromatic heterocycles. The second-order valence-corrected chi connectivity index (χ2v) is 5.10. The molecule has 1 aliphatic heterocycles. The summed E-state index contributed by atoms with van der Waals surface area (Å²) < 4.78 is 0. The van der Waals surface area contributed by atoms with Crippen molar-refractivity contribution in [1.29, 1.82) is 0 Å². The summed E-state index contributed by atoms with van der Waals surface area (Å²) in [4.78, 5) is 17.7. The fourth-order valence-electron chi connectivity index (χ4n) is 2.79. The van der Waals surface area contributed by atoms with E-state index < -0.39 is 0 Å². The number of nitrogens with zero attached hydrogens (tertiary/aromatic N) is 1. The summed E-state index contributed by atoms with van der Waals surface area (Å²) in [5.41, 5.74) is 1.81. The van der Waals surface area contributed by atoms with Gasteiger partial charge in [0.05, 0.1) is 5.56 Å². The van der Waals surface area contributed by atoms with Crippen molar-refractivity contribution in [2.75, 3.05) is 20.1 Å². The van der Waals surface area contributed by atoms with E-state index in [-0.39, 0.29) is 5.91 Å². The molecule has 1 aliphatic rings. The molecule has 0 unspecified atom stereocenters. The first kappa shape index (κ1) is 12.2. The summed E-state index contributed by atoms with van der Waals surface area (Å²) in [6.45, 7) is 1.67. The van der Waals surface area contributed by atoms with E-state index in [1.807, 2.05) is 42.4 Å². The highest BCUT2D eigenvalue weighted by Crippen LogP contribution is 2.21. The minimum Gasteiger partial charge on any atom is -0.360 e. The summed E-state index contributed by atoms with van der Waals surface area (Å²) in [6, 6.07) is 8.50. The Bertz CT molecular complexity index is 582. The van der Waals surface area contributed by atoms with E-state index in [1.54, 1.807) is 0 Å². The SMILES string of the molecule is CNC1CCN(C(=O)c2c[nH]c3ccccc23)CC1. The molecular formula is C15H19N3O. The van der Waals surface area contributed by atoms with Crippen LogP contribution in [-0.4, -0.2) is 42.0 Å². The number of hydrogen-bond donors (Lipinski definition) is 2. The van der Waals surface area contributed by atoms with E-state index in [0.717, 1.165) is 42.4 Å². The first-order valence-electron chi connectivity index (χ1n) is 6.82. The van der Waals surface area contributed by atoms with Crippen molar-refractivity contribution in [3.63, 3.8) is 0 Å². The van der Waals surface area contributed by atoms with Crippen LogP contribution >= 0.6 is 0 Å². The lowest BCUT2D eigenvalue weighted by atomic mass is 10.0. The second kappa shape index (κ2) is 5.05. The number of amides is 1. The maximum absolute atomic E-state index is 12.6. The number of hydrogen-bond acceptors (Lipinski definition) is 2. The van der Waals surface area contributed by atoms with Gasteiger partial charge in [-0.1, -0.05) is 18.2 Å². The molecule has 19 heavy (non-hydrogen) atoms. The van der Waals surface area contributed by atoms with Crippen molar-refractivity contribution in [3.05, 3.63) is 36.0 Å². The van der Waals surface area contributed by atoms with Crippen LogP contribution in [0.1, 0.15) is 23.2 Å². The Morgan fingerprint density at radius 3 is 2.79 bits per heavy atom. The molecule has 0 saturated carbocycles. The minimum atomic E-state index is 0.145. The number of H-pyrrole nitrogens is 1. The third kappa shape index (κ3) is 2.24. The number of carbonyl (C=O) groups is 1. The van der Waals surface area contributed by atoms with E-state index in [4.69, 9.17) is 0 Å². The Morgan fingerprint density at radius 1 is 1.32 bits per heavy atom. The lowest BCUT2D eigenvalue weighted by molar-refractivity contribution is 0.0709. The van der Waals surface area contributed by atoms with Gasteiger partial charge >= 0.3 is 0 Å². The van der Waals surface area contributed by atoms with Gasteiger partial charge < -0.3 is 15.2 Å². The van der Waals surface area contributed by atoms with Crippen LogP contribution in [0.4, 0.5) is 0 Å². The number of piperidine rings is 1.